The first-order chi connectivity index (χ1) is 7.33. The molecule has 0 radical (unpaired) electrons. The van der Waals surface area contributed by atoms with E-state index < -0.39 is 0 Å². The summed E-state index contributed by atoms with van der Waals surface area (Å²) in [7, 11) is 0. The zero-order chi connectivity index (χ0) is 10.3. The van der Waals surface area contributed by atoms with Crippen LogP contribution in [0.5, 0.6) is 0 Å². The van der Waals surface area contributed by atoms with Crippen LogP contribution in [0.25, 0.3) is 11.0 Å². The van der Waals surface area contributed by atoms with Crippen molar-refractivity contribution < 1.29 is 0 Å². The Hall–Kier alpha value is -1.35. The molecule has 2 N–H and O–H groups in total. The number of imidazole rings is 1. The van der Waals surface area contributed by atoms with E-state index in [2.05, 4.69) is 33.5 Å². The standard InChI is InChI=1S/C12H15N3/c1-8-14-11-5-4-9(7-12(11)15-8)10-3-2-6-13-10/h4-5,7,10,13H,2-3,6H2,1H3,(H,14,15). The molecule has 3 nitrogen and oxygen atoms in total. The lowest BCUT2D eigenvalue weighted by Gasteiger charge is -2.09. The molecule has 1 unspecified atom stereocenters. The Morgan fingerprint density at radius 3 is 3.13 bits per heavy atom. The molecule has 0 spiro atoms. The van der Waals surface area contributed by atoms with Crippen molar-refractivity contribution in [3.63, 3.8) is 0 Å². The van der Waals surface area contributed by atoms with Gasteiger partial charge in [-0.25, -0.2) is 4.98 Å². The lowest BCUT2D eigenvalue weighted by atomic mass is 10.1. The van der Waals surface area contributed by atoms with Crippen molar-refractivity contribution in [1.29, 1.82) is 0 Å². The van der Waals surface area contributed by atoms with Crippen LogP contribution >= 0.6 is 0 Å². The molecule has 1 fully saturated rings. The Kier molecular flexibility index (Phi) is 1.99. The number of benzene rings is 1. The van der Waals surface area contributed by atoms with E-state index in [1.165, 1.54) is 18.4 Å². The van der Waals surface area contributed by atoms with Gasteiger partial charge in [0.2, 0.25) is 0 Å². The topological polar surface area (TPSA) is 40.7 Å². The zero-order valence-electron chi connectivity index (χ0n) is 8.88. The normalized spacial score (nSPS) is 21.3. The minimum absolute atomic E-state index is 0.540. The second-order valence-electron chi connectivity index (χ2n) is 4.25. The SMILES string of the molecule is Cc1nc2ccc(C3CCCN3)cc2[nH]1. The fourth-order valence-electron chi connectivity index (χ4n) is 2.34. The van der Waals surface area contributed by atoms with Crippen LogP contribution in [-0.4, -0.2) is 16.5 Å². The van der Waals surface area contributed by atoms with Gasteiger partial charge < -0.3 is 10.3 Å². The summed E-state index contributed by atoms with van der Waals surface area (Å²) in [6, 6.07) is 7.05. The van der Waals surface area contributed by atoms with Crippen molar-refractivity contribution in [1.82, 2.24) is 15.3 Å². The molecular weight excluding hydrogens is 186 g/mol. The van der Waals surface area contributed by atoms with Crippen LogP contribution in [0.15, 0.2) is 18.2 Å². The summed E-state index contributed by atoms with van der Waals surface area (Å²) >= 11 is 0. The molecule has 1 atom stereocenters. The molecule has 1 aromatic carbocycles. The monoisotopic (exact) mass is 201 g/mol. The predicted molar refractivity (Wildman–Crippen MR) is 60.8 cm³/mol. The van der Waals surface area contributed by atoms with Gasteiger partial charge >= 0.3 is 0 Å². The van der Waals surface area contributed by atoms with Gasteiger partial charge in [-0.2, -0.15) is 0 Å². The summed E-state index contributed by atoms with van der Waals surface area (Å²) in [5, 5.41) is 3.51. The number of aromatic nitrogens is 2. The van der Waals surface area contributed by atoms with Gasteiger partial charge in [-0.05, 0) is 44.0 Å². The van der Waals surface area contributed by atoms with Crippen LogP contribution in [0.4, 0.5) is 0 Å². The molecule has 1 aliphatic rings. The summed E-state index contributed by atoms with van der Waals surface area (Å²) in [5.41, 5.74) is 3.59. The van der Waals surface area contributed by atoms with Crippen molar-refractivity contribution in [2.24, 2.45) is 0 Å². The molecule has 2 aromatic rings. The maximum absolute atomic E-state index is 4.40. The molecule has 15 heavy (non-hydrogen) atoms. The Labute approximate surface area is 88.9 Å². The number of aryl methyl sites for hydroxylation is 1. The number of hydrogen-bond donors (Lipinski definition) is 2. The van der Waals surface area contributed by atoms with Gasteiger partial charge in [-0.1, -0.05) is 6.07 Å². The van der Waals surface area contributed by atoms with E-state index in [1.807, 2.05) is 6.92 Å². The van der Waals surface area contributed by atoms with E-state index in [0.29, 0.717) is 6.04 Å². The minimum Gasteiger partial charge on any atom is -0.342 e. The molecule has 1 saturated heterocycles. The molecule has 1 aromatic heterocycles. The molecule has 0 saturated carbocycles. The third-order valence-electron chi connectivity index (χ3n) is 3.09. The largest absolute Gasteiger partial charge is 0.342 e. The maximum Gasteiger partial charge on any atom is 0.104 e. The highest BCUT2D eigenvalue weighted by Gasteiger charge is 2.16. The third-order valence-corrected chi connectivity index (χ3v) is 3.09. The summed E-state index contributed by atoms with van der Waals surface area (Å²) in [6.45, 7) is 3.14. The summed E-state index contributed by atoms with van der Waals surface area (Å²) < 4.78 is 0. The van der Waals surface area contributed by atoms with E-state index >= 15 is 0 Å². The number of H-pyrrole nitrogens is 1. The van der Waals surface area contributed by atoms with Crippen LogP contribution in [0.2, 0.25) is 0 Å². The lowest BCUT2D eigenvalue weighted by Crippen LogP contribution is -2.12. The smallest absolute Gasteiger partial charge is 0.104 e. The molecule has 3 heteroatoms. The summed E-state index contributed by atoms with van der Waals surface area (Å²) in [6.07, 6.45) is 2.53. The minimum atomic E-state index is 0.540. The first-order valence-corrected chi connectivity index (χ1v) is 5.52. The molecule has 2 heterocycles. The van der Waals surface area contributed by atoms with Gasteiger partial charge in [0.15, 0.2) is 0 Å². The van der Waals surface area contributed by atoms with Crippen LogP contribution in [0.1, 0.15) is 30.3 Å². The van der Waals surface area contributed by atoms with Crippen molar-refractivity contribution in [2.75, 3.05) is 6.54 Å². The molecule has 0 amide bonds. The van der Waals surface area contributed by atoms with Crippen molar-refractivity contribution in [3.05, 3.63) is 29.6 Å². The van der Waals surface area contributed by atoms with Crippen LogP contribution in [-0.2, 0) is 0 Å². The summed E-state index contributed by atoms with van der Waals surface area (Å²) in [5.74, 6) is 0.988. The zero-order valence-corrected chi connectivity index (χ0v) is 8.88. The second kappa shape index (κ2) is 3.35. The Morgan fingerprint density at radius 1 is 1.40 bits per heavy atom. The van der Waals surface area contributed by atoms with Crippen LogP contribution in [0.3, 0.4) is 0 Å². The van der Waals surface area contributed by atoms with Gasteiger partial charge in [0.05, 0.1) is 11.0 Å². The van der Waals surface area contributed by atoms with Crippen LogP contribution in [0, 0.1) is 6.92 Å². The van der Waals surface area contributed by atoms with E-state index in [9.17, 15) is 0 Å². The fourth-order valence-corrected chi connectivity index (χ4v) is 2.34. The molecule has 78 valence electrons. The molecule has 3 rings (SSSR count). The van der Waals surface area contributed by atoms with E-state index in [-0.39, 0.29) is 0 Å². The van der Waals surface area contributed by atoms with Gasteiger partial charge in [-0.15, -0.1) is 0 Å². The number of nitrogens with one attached hydrogen (secondary N) is 2. The fraction of sp³-hybridized carbons (Fsp3) is 0.417. The van der Waals surface area contributed by atoms with E-state index in [0.717, 1.165) is 23.4 Å². The maximum atomic E-state index is 4.40. The number of nitrogens with zero attached hydrogens (tertiary/aromatic N) is 1. The number of rotatable bonds is 1. The Morgan fingerprint density at radius 2 is 2.33 bits per heavy atom. The lowest BCUT2D eigenvalue weighted by molar-refractivity contribution is 0.648. The highest BCUT2D eigenvalue weighted by molar-refractivity contribution is 5.76. The van der Waals surface area contributed by atoms with E-state index in [4.69, 9.17) is 0 Å². The molecular formula is C12H15N3. The highest BCUT2D eigenvalue weighted by Crippen LogP contribution is 2.25. The summed E-state index contributed by atoms with van der Waals surface area (Å²) in [4.78, 5) is 7.69. The number of hydrogen-bond acceptors (Lipinski definition) is 2. The molecule has 1 aliphatic heterocycles. The predicted octanol–water partition coefficient (Wildman–Crippen LogP) is 2.30. The molecule has 0 aliphatic carbocycles. The number of aromatic amines is 1. The average Bonchev–Trinajstić information content (AvgIpc) is 2.82. The van der Waals surface area contributed by atoms with Gasteiger partial charge in [0.25, 0.3) is 0 Å². The number of fused-ring (bicyclic) bond motifs is 1. The van der Waals surface area contributed by atoms with Crippen molar-refractivity contribution in [2.45, 2.75) is 25.8 Å². The highest BCUT2D eigenvalue weighted by atomic mass is 14.9. The first kappa shape index (κ1) is 8.92. The Balaban J connectivity index is 2.04. The second-order valence-corrected chi connectivity index (χ2v) is 4.25. The quantitative estimate of drug-likeness (QED) is 0.743. The van der Waals surface area contributed by atoms with Gasteiger partial charge in [0.1, 0.15) is 5.82 Å². The van der Waals surface area contributed by atoms with Crippen molar-refractivity contribution >= 4 is 11.0 Å². The van der Waals surface area contributed by atoms with Gasteiger partial charge in [-0.3, -0.25) is 0 Å². The van der Waals surface area contributed by atoms with Crippen LogP contribution < -0.4 is 5.32 Å². The van der Waals surface area contributed by atoms with E-state index in [1.54, 1.807) is 0 Å². The first-order valence-electron chi connectivity index (χ1n) is 5.52. The molecule has 0 bridgehead atoms. The third kappa shape index (κ3) is 1.53. The Bertz CT molecular complexity index is 481. The van der Waals surface area contributed by atoms with Crippen molar-refractivity contribution in [3.8, 4) is 0 Å². The van der Waals surface area contributed by atoms with Gasteiger partial charge in [0, 0.05) is 6.04 Å². The average molecular weight is 201 g/mol.